The summed E-state index contributed by atoms with van der Waals surface area (Å²) < 4.78 is 18.7. The summed E-state index contributed by atoms with van der Waals surface area (Å²) in [6, 6.07) is 5.72. The standard InChI is InChI=1S/C8H9O7P/c1-13-7-4-2-6(3-5-7)8(9)14-15-16(10,11)12/h2-5H,1H3,(H2,10,11,12). The van der Waals surface area contributed by atoms with Crippen molar-refractivity contribution in [3.05, 3.63) is 29.8 Å². The van der Waals surface area contributed by atoms with Gasteiger partial charge in [-0.2, -0.15) is 0 Å². The minimum absolute atomic E-state index is 0.0780. The Kier molecular flexibility index (Phi) is 4.03. The van der Waals surface area contributed by atoms with E-state index in [-0.39, 0.29) is 5.56 Å². The van der Waals surface area contributed by atoms with Gasteiger partial charge in [-0.1, -0.05) is 4.67 Å². The number of methoxy groups -OCH3 is 1. The molecule has 0 aliphatic heterocycles. The number of hydrogen-bond donors (Lipinski definition) is 2. The molecule has 0 atom stereocenters. The van der Waals surface area contributed by atoms with Gasteiger partial charge in [-0.25, -0.2) is 9.36 Å². The summed E-state index contributed by atoms with van der Waals surface area (Å²) in [5.41, 5.74) is 0.0780. The molecule has 0 radical (unpaired) electrons. The largest absolute Gasteiger partial charge is 0.505 e. The number of carbonyl (C=O) groups excluding carboxylic acids is 1. The van der Waals surface area contributed by atoms with E-state index >= 15 is 0 Å². The first-order chi connectivity index (χ1) is 7.42. The average molecular weight is 248 g/mol. The van der Waals surface area contributed by atoms with E-state index in [2.05, 4.69) is 9.56 Å². The van der Waals surface area contributed by atoms with Gasteiger partial charge >= 0.3 is 13.8 Å². The van der Waals surface area contributed by atoms with Crippen LogP contribution in [0.2, 0.25) is 0 Å². The van der Waals surface area contributed by atoms with Gasteiger partial charge in [0, 0.05) is 0 Å². The van der Waals surface area contributed by atoms with Crippen molar-refractivity contribution < 1.29 is 33.4 Å². The minimum atomic E-state index is -4.82. The lowest BCUT2D eigenvalue weighted by atomic mass is 10.2. The molecule has 0 saturated carbocycles. The van der Waals surface area contributed by atoms with E-state index in [4.69, 9.17) is 14.5 Å². The number of carbonyl (C=O) groups is 1. The first kappa shape index (κ1) is 12.7. The highest BCUT2D eigenvalue weighted by Crippen LogP contribution is 2.36. The second-order valence-electron chi connectivity index (χ2n) is 2.66. The Balaban J connectivity index is 2.63. The zero-order valence-electron chi connectivity index (χ0n) is 8.19. The van der Waals surface area contributed by atoms with Crippen LogP contribution in [-0.2, 0) is 14.1 Å². The van der Waals surface area contributed by atoms with E-state index in [0.717, 1.165) is 0 Å². The maximum atomic E-state index is 11.2. The summed E-state index contributed by atoms with van der Waals surface area (Å²) in [5.74, 6) is -0.474. The van der Waals surface area contributed by atoms with Crippen molar-refractivity contribution in [2.75, 3.05) is 7.11 Å². The molecule has 1 aromatic rings. The third kappa shape index (κ3) is 4.00. The first-order valence-electron chi connectivity index (χ1n) is 4.02. The molecule has 1 aromatic carbocycles. The predicted octanol–water partition coefficient (Wildman–Crippen LogP) is 0.876. The summed E-state index contributed by atoms with van der Waals surface area (Å²) in [6.45, 7) is 0. The molecule has 0 fully saturated rings. The van der Waals surface area contributed by atoms with Crippen LogP contribution >= 0.6 is 7.82 Å². The van der Waals surface area contributed by atoms with Gasteiger partial charge in [0.1, 0.15) is 5.75 Å². The highest BCUT2D eigenvalue weighted by Gasteiger charge is 2.19. The smallest absolute Gasteiger partial charge is 0.497 e. The Morgan fingerprint density at radius 1 is 1.25 bits per heavy atom. The highest BCUT2D eigenvalue weighted by molar-refractivity contribution is 7.46. The van der Waals surface area contributed by atoms with Crippen molar-refractivity contribution >= 4 is 13.8 Å². The molecule has 1 rings (SSSR count). The summed E-state index contributed by atoms with van der Waals surface area (Å²) in [6.07, 6.45) is 0. The molecule has 0 aliphatic carbocycles. The van der Waals surface area contributed by atoms with Crippen LogP contribution < -0.4 is 4.74 Å². The quantitative estimate of drug-likeness (QED) is 0.463. The molecule has 0 aromatic heterocycles. The van der Waals surface area contributed by atoms with Crippen LogP contribution in [0.1, 0.15) is 10.4 Å². The van der Waals surface area contributed by atoms with Gasteiger partial charge in [-0.15, -0.1) is 0 Å². The molecule has 88 valence electrons. The fourth-order valence-electron chi connectivity index (χ4n) is 0.858. The minimum Gasteiger partial charge on any atom is -0.497 e. The van der Waals surface area contributed by atoms with Crippen molar-refractivity contribution in [3.8, 4) is 5.75 Å². The zero-order chi connectivity index (χ0) is 12.2. The van der Waals surface area contributed by atoms with Gasteiger partial charge in [0.2, 0.25) is 0 Å². The summed E-state index contributed by atoms with van der Waals surface area (Å²) in [5, 5.41) is 0. The SMILES string of the molecule is COc1ccc(C(=O)OOP(=O)(O)O)cc1. The normalized spacial score (nSPS) is 10.9. The fraction of sp³-hybridized carbons (Fsp3) is 0.125. The Bertz CT molecular complexity index is 407. The number of ether oxygens (including phenoxy) is 1. The van der Waals surface area contributed by atoms with Crippen LogP contribution in [0, 0.1) is 0 Å². The molecular weight excluding hydrogens is 239 g/mol. The third-order valence-electron chi connectivity index (χ3n) is 1.54. The molecule has 2 N–H and O–H groups in total. The van der Waals surface area contributed by atoms with Gasteiger partial charge in [0.25, 0.3) is 0 Å². The van der Waals surface area contributed by atoms with Gasteiger partial charge in [-0.3, -0.25) is 4.89 Å². The maximum absolute atomic E-state index is 11.2. The Morgan fingerprint density at radius 3 is 2.25 bits per heavy atom. The van der Waals surface area contributed by atoms with E-state index in [0.29, 0.717) is 5.75 Å². The fourth-order valence-corrected chi connectivity index (χ4v) is 1.02. The van der Waals surface area contributed by atoms with Crippen LogP contribution in [0.5, 0.6) is 5.75 Å². The summed E-state index contributed by atoms with van der Waals surface area (Å²) in [4.78, 5) is 31.7. The van der Waals surface area contributed by atoms with Gasteiger partial charge in [0.15, 0.2) is 0 Å². The first-order valence-corrected chi connectivity index (χ1v) is 5.55. The number of benzene rings is 1. The molecule has 0 spiro atoms. The molecule has 7 nitrogen and oxygen atoms in total. The van der Waals surface area contributed by atoms with E-state index in [9.17, 15) is 9.36 Å². The molecule has 16 heavy (non-hydrogen) atoms. The second-order valence-corrected chi connectivity index (χ2v) is 3.79. The van der Waals surface area contributed by atoms with Crippen molar-refractivity contribution in [1.29, 1.82) is 0 Å². The molecule has 0 heterocycles. The van der Waals surface area contributed by atoms with Gasteiger partial charge < -0.3 is 14.5 Å². The second kappa shape index (κ2) is 5.09. The molecule has 8 heteroatoms. The zero-order valence-corrected chi connectivity index (χ0v) is 9.09. The number of rotatable bonds is 4. The Labute approximate surface area is 90.7 Å². The van der Waals surface area contributed by atoms with Crippen LogP contribution in [0.15, 0.2) is 24.3 Å². The Morgan fingerprint density at radius 2 is 1.81 bits per heavy atom. The van der Waals surface area contributed by atoms with Crippen molar-refractivity contribution in [1.82, 2.24) is 0 Å². The third-order valence-corrected chi connectivity index (χ3v) is 1.80. The highest BCUT2D eigenvalue weighted by atomic mass is 31.2. The van der Waals surface area contributed by atoms with Gasteiger partial charge in [0.05, 0.1) is 12.7 Å². The van der Waals surface area contributed by atoms with E-state index in [1.165, 1.54) is 31.4 Å². The lowest BCUT2D eigenvalue weighted by Gasteiger charge is -2.04. The van der Waals surface area contributed by atoms with Crippen molar-refractivity contribution in [2.45, 2.75) is 0 Å². The van der Waals surface area contributed by atoms with Crippen LogP contribution in [0.25, 0.3) is 0 Å². The molecule has 0 aliphatic rings. The Hall–Kier alpha value is -1.40. The lowest BCUT2D eigenvalue weighted by Crippen LogP contribution is -2.04. The summed E-state index contributed by atoms with van der Waals surface area (Å²) in [7, 11) is -3.36. The van der Waals surface area contributed by atoms with E-state index < -0.39 is 13.8 Å². The number of phosphoric acid groups is 1. The monoisotopic (exact) mass is 248 g/mol. The lowest BCUT2D eigenvalue weighted by molar-refractivity contribution is -0.166. The molecule has 0 amide bonds. The molecular formula is C8H9O7P. The van der Waals surface area contributed by atoms with Crippen molar-refractivity contribution in [3.63, 3.8) is 0 Å². The number of hydrogen-bond acceptors (Lipinski definition) is 5. The summed E-state index contributed by atoms with van der Waals surface area (Å²) >= 11 is 0. The average Bonchev–Trinajstić information content (AvgIpc) is 2.25. The maximum Gasteiger partial charge on any atom is 0.505 e. The van der Waals surface area contributed by atoms with Crippen molar-refractivity contribution in [2.24, 2.45) is 0 Å². The van der Waals surface area contributed by atoms with Gasteiger partial charge in [-0.05, 0) is 24.3 Å². The molecule has 0 saturated heterocycles. The van der Waals surface area contributed by atoms with E-state index in [1.807, 2.05) is 0 Å². The molecule has 0 unspecified atom stereocenters. The van der Waals surface area contributed by atoms with Crippen LogP contribution in [-0.4, -0.2) is 22.9 Å². The predicted molar refractivity (Wildman–Crippen MR) is 51.5 cm³/mol. The van der Waals surface area contributed by atoms with Crippen LogP contribution in [0.4, 0.5) is 0 Å². The topological polar surface area (TPSA) is 102 Å². The van der Waals surface area contributed by atoms with E-state index in [1.54, 1.807) is 0 Å². The van der Waals surface area contributed by atoms with Crippen LogP contribution in [0.3, 0.4) is 0 Å². The molecule has 0 bridgehead atoms.